The van der Waals surface area contributed by atoms with Gasteiger partial charge in [0.15, 0.2) is 0 Å². The lowest BCUT2D eigenvalue weighted by atomic mass is 10.2. The topological polar surface area (TPSA) is 85.3 Å². The number of oxime groups is 1. The van der Waals surface area contributed by atoms with Crippen molar-refractivity contribution in [3.63, 3.8) is 0 Å². The van der Waals surface area contributed by atoms with Crippen molar-refractivity contribution in [1.29, 1.82) is 0 Å². The monoisotopic (exact) mass is 416 g/mol. The number of carbonyl (C=O) groups is 1. The number of ether oxygens (including phenoxy) is 1. The van der Waals surface area contributed by atoms with E-state index in [-0.39, 0.29) is 18.0 Å². The Morgan fingerprint density at radius 2 is 1.83 bits per heavy atom. The number of benzene rings is 2. The molecule has 0 aliphatic carbocycles. The first kappa shape index (κ1) is 22.2. The molecule has 0 bridgehead atoms. The van der Waals surface area contributed by atoms with Crippen LogP contribution in [0, 0.1) is 6.92 Å². The highest BCUT2D eigenvalue weighted by Crippen LogP contribution is 2.26. The Labute approximate surface area is 171 Å². The third-order valence-electron chi connectivity index (χ3n) is 3.92. The van der Waals surface area contributed by atoms with Gasteiger partial charge in [-0.25, -0.2) is 13.2 Å². The van der Waals surface area contributed by atoms with Crippen molar-refractivity contribution in [3.8, 4) is 0 Å². The van der Waals surface area contributed by atoms with Crippen LogP contribution in [0.15, 0.2) is 70.7 Å². The van der Waals surface area contributed by atoms with E-state index in [9.17, 15) is 13.2 Å². The summed E-state index contributed by atoms with van der Waals surface area (Å²) in [5.41, 5.74) is 1.90. The molecule has 7 nitrogen and oxygen atoms in total. The zero-order chi connectivity index (χ0) is 21.3. The third kappa shape index (κ3) is 5.92. The maximum Gasteiger partial charge on any atom is 0.330 e. The van der Waals surface area contributed by atoms with Crippen molar-refractivity contribution in [2.75, 3.05) is 24.6 Å². The average Bonchev–Trinajstić information content (AvgIpc) is 2.70. The zero-order valence-electron chi connectivity index (χ0n) is 16.6. The lowest BCUT2D eigenvalue weighted by molar-refractivity contribution is -0.137. The van der Waals surface area contributed by atoms with Crippen LogP contribution in [0.4, 0.5) is 5.69 Å². The van der Waals surface area contributed by atoms with Crippen LogP contribution in [-0.2, 0) is 24.4 Å². The van der Waals surface area contributed by atoms with Crippen LogP contribution in [0.1, 0.15) is 18.1 Å². The molecular weight excluding hydrogens is 392 g/mol. The Balaban J connectivity index is 2.50. The van der Waals surface area contributed by atoms with E-state index in [1.54, 1.807) is 55.5 Å². The Bertz CT molecular complexity index is 982. The van der Waals surface area contributed by atoms with Crippen LogP contribution >= 0.6 is 0 Å². The van der Waals surface area contributed by atoms with Gasteiger partial charge in [-0.15, -0.1) is 0 Å². The quantitative estimate of drug-likeness (QED) is 0.271. The standard InChI is InChI=1S/C21H24N2O5S/c1-4-28-21(24)10-7-15-23(20-9-6-5-8-18(20)16-22-27-3)29(25,26)19-13-11-17(2)12-14-19/h5-14,16H,4,15H2,1-3H3/b10-7+,22-16-. The summed E-state index contributed by atoms with van der Waals surface area (Å²) < 4.78 is 32.8. The summed E-state index contributed by atoms with van der Waals surface area (Å²) in [7, 11) is -2.50. The molecule has 0 aromatic heterocycles. The second kappa shape index (κ2) is 10.4. The molecule has 154 valence electrons. The van der Waals surface area contributed by atoms with Gasteiger partial charge < -0.3 is 9.57 Å². The lowest BCUT2D eigenvalue weighted by Gasteiger charge is -2.24. The minimum absolute atomic E-state index is 0.0626. The maximum atomic E-state index is 13.4. The van der Waals surface area contributed by atoms with Crippen molar-refractivity contribution in [1.82, 2.24) is 0 Å². The Kier molecular flexibility index (Phi) is 7.97. The van der Waals surface area contributed by atoms with Gasteiger partial charge >= 0.3 is 5.97 Å². The van der Waals surface area contributed by atoms with Gasteiger partial charge in [-0.1, -0.05) is 47.1 Å². The average molecular weight is 416 g/mol. The van der Waals surface area contributed by atoms with Crippen LogP contribution in [-0.4, -0.2) is 40.9 Å². The number of rotatable bonds is 9. The van der Waals surface area contributed by atoms with Crippen molar-refractivity contribution < 1.29 is 22.8 Å². The van der Waals surface area contributed by atoms with Crippen LogP contribution < -0.4 is 4.31 Å². The largest absolute Gasteiger partial charge is 0.463 e. The highest BCUT2D eigenvalue weighted by Gasteiger charge is 2.25. The zero-order valence-corrected chi connectivity index (χ0v) is 17.4. The van der Waals surface area contributed by atoms with Gasteiger partial charge in [0.1, 0.15) is 7.11 Å². The summed E-state index contributed by atoms with van der Waals surface area (Å²) >= 11 is 0. The summed E-state index contributed by atoms with van der Waals surface area (Å²) in [5.74, 6) is -0.533. The molecule has 0 saturated carbocycles. The number of anilines is 1. The number of sulfonamides is 1. The molecule has 0 fully saturated rings. The van der Waals surface area contributed by atoms with E-state index < -0.39 is 16.0 Å². The highest BCUT2D eigenvalue weighted by molar-refractivity contribution is 7.92. The molecule has 0 amide bonds. The molecule has 8 heteroatoms. The first-order valence-electron chi connectivity index (χ1n) is 8.98. The highest BCUT2D eigenvalue weighted by atomic mass is 32.2. The molecule has 29 heavy (non-hydrogen) atoms. The number of para-hydroxylation sites is 1. The van der Waals surface area contributed by atoms with E-state index in [1.165, 1.54) is 29.8 Å². The molecule has 0 N–H and O–H groups in total. The second-order valence-corrected chi connectivity index (χ2v) is 7.84. The fraction of sp³-hybridized carbons (Fsp3) is 0.238. The summed E-state index contributed by atoms with van der Waals surface area (Å²) in [6, 6.07) is 13.5. The maximum absolute atomic E-state index is 13.4. The SMILES string of the molecule is CCOC(=O)/C=C/CN(c1ccccc1/C=N\OC)S(=O)(=O)c1ccc(C)cc1. The molecule has 0 heterocycles. The predicted octanol–water partition coefficient (Wildman–Crippen LogP) is 3.29. The molecule has 0 atom stereocenters. The van der Waals surface area contributed by atoms with E-state index in [0.717, 1.165) is 5.56 Å². The van der Waals surface area contributed by atoms with E-state index in [2.05, 4.69) is 5.16 Å². The van der Waals surface area contributed by atoms with Crippen LogP contribution in [0.2, 0.25) is 0 Å². The molecule has 0 aliphatic rings. The molecule has 0 aliphatic heterocycles. The smallest absolute Gasteiger partial charge is 0.330 e. The summed E-state index contributed by atoms with van der Waals surface area (Å²) in [4.78, 5) is 16.5. The molecule has 0 saturated heterocycles. The van der Waals surface area contributed by atoms with Crippen molar-refractivity contribution in [3.05, 3.63) is 71.8 Å². The van der Waals surface area contributed by atoms with Gasteiger partial charge in [-0.2, -0.15) is 0 Å². The van der Waals surface area contributed by atoms with Crippen LogP contribution in [0.5, 0.6) is 0 Å². The molecule has 2 rings (SSSR count). The van der Waals surface area contributed by atoms with Gasteiger partial charge in [-0.3, -0.25) is 4.31 Å². The fourth-order valence-electron chi connectivity index (χ4n) is 2.53. The number of aryl methyl sites for hydroxylation is 1. The number of hydrogen-bond donors (Lipinski definition) is 0. The van der Waals surface area contributed by atoms with E-state index in [4.69, 9.17) is 9.57 Å². The van der Waals surface area contributed by atoms with Crippen LogP contribution in [0.25, 0.3) is 0 Å². The molecule has 0 radical (unpaired) electrons. The normalized spacial score (nSPS) is 11.7. The molecule has 2 aromatic carbocycles. The van der Waals surface area contributed by atoms with Crippen molar-refractivity contribution in [2.24, 2.45) is 5.16 Å². The molecule has 0 unspecified atom stereocenters. The predicted molar refractivity (Wildman–Crippen MR) is 113 cm³/mol. The van der Waals surface area contributed by atoms with E-state index >= 15 is 0 Å². The second-order valence-electron chi connectivity index (χ2n) is 5.98. The van der Waals surface area contributed by atoms with E-state index in [1.807, 2.05) is 6.92 Å². The number of hydrogen-bond acceptors (Lipinski definition) is 6. The third-order valence-corrected chi connectivity index (χ3v) is 5.72. The Morgan fingerprint density at radius 3 is 2.48 bits per heavy atom. The first-order valence-corrected chi connectivity index (χ1v) is 10.4. The summed E-state index contributed by atoms with van der Waals surface area (Å²) in [6.07, 6.45) is 4.10. The number of nitrogens with zero attached hydrogens (tertiary/aromatic N) is 2. The first-order chi connectivity index (χ1) is 13.9. The van der Waals surface area contributed by atoms with Gasteiger partial charge in [0.05, 0.1) is 29.9 Å². The fourth-order valence-corrected chi connectivity index (χ4v) is 3.97. The lowest BCUT2D eigenvalue weighted by Crippen LogP contribution is -2.32. The minimum Gasteiger partial charge on any atom is -0.463 e. The minimum atomic E-state index is -3.90. The number of carbonyl (C=O) groups excluding carboxylic acids is 1. The van der Waals surface area contributed by atoms with Crippen molar-refractivity contribution in [2.45, 2.75) is 18.7 Å². The molecule has 0 spiro atoms. The number of esters is 1. The van der Waals surface area contributed by atoms with Crippen molar-refractivity contribution >= 4 is 27.9 Å². The van der Waals surface area contributed by atoms with E-state index in [0.29, 0.717) is 11.3 Å². The summed E-state index contributed by atoms with van der Waals surface area (Å²) in [6.45, 7) is 3.76. The van der Waals surface area contributed by atoms with Gasteiger partial charge in [0.2, 0.25) is 0 Å². The molecule has 2 aromatic rings. The van der Waals surface area contributed by atoms with Gasteiger partial charge in [0.25, 0.3) is 10.0 Å². The summed E-state index contributed by atoms with van der Waals surface area (Å²) in [5, 5.41) is 3.75. The van der Waals surface area contributed by atoms with Crippen LogP contribution in [0.3, 0.4) is 0 Å². The van der Waals surface area contributed by atoms with Gasteiger partial charge in [0, 0.05) is 11.6 Å². The Hall–Kier alpha value is -3.13. The Morgan fingerprint density at radius 1 is 1.14 bits per heavy atom. The van der Waals surface area contributed by atoms with Gasteiger partial charge in [-0.05, 0) is 32.0 Å². The molecular formula is C21H24N2O5S.